The zero-order chi connectivity index (χ0) is 36.5. The van der Waals surface area contributed by atoms with Gasteiger partial charge in [0.1, 0.15) is 11.2 Å². The van der Waals surface area contributed by atoms with Gasteiger partial charge in [0.05, 0.1) is 5.69 Å². The molecule has 13 rings (SSSR count). The van der Waals surface area contributed by atoms with Crippen LogP contribution in [0, 0.1) is 17.3 Å². The van der Waals surface area contributed by atoms with E-state index in [4.69, 9.17) is 4.42 Å². The SMILES string of the molecule is c1ccc2c(c1)-c1ccc(-c3ccc(N(c4ccc(-c5cccc6c5oc5ccccc56)cc4)c4cccc5ccccc45)cc3)cc1C1CC3CC4CC2C431. The number of para-hydroxylation sites is 2. The molecule has 0 radical (unpaired) electrons. The quantitative estimate of drug-likeness (QED) is 0.176. The van der Waals surface area contributed by atoms with Crippen molar-refractivity contribution in [3.05, 3.63) is 187 Å². The van der Waals surface area contributed by atoms with Crippen LogP contribution in [0.2, 0.25) is 0 Å². The molecule has 0 aliphatic heterocycles. The van der Waals surface area contributed by atoms with Crippen LogP contribution in [0.25, 0.3) is 66.1 Å². The minimum Gasteiger partial charge on any atom is -0.455 e. The fraction of sp³-hybridized carbons (Fsp3) is 0.148. The van der Waals surface area contributed by atoms with Crippen molar-refractivity contribution in [3.63, 3.8) is 0 Å². The topological polar surface area (TPSA) is 16.4 Å². The van der Waals surface area contributed by atoms with Crippen molar-refractivity contribution in [2.75, 3.05) is 4.90 Å². The molecular formula is C54H39NO. The van der Waals surface area contributed by atoms with Crippen molar-refractivity contribution in [3.8, 4) is 33.4 Å². The first-order chi connectivity index (χ1) is 27.7. The standard InChI is InChI=1S/C54H39NO/c1-2-11-41-34(9-1)10-7-17-51(41)55(40-26-21-35(22-27-40)42-15-8-16-47-46-14-5-6-18-52(46)56-53(42)47)39-24-19-33(20-25-39)36-23-28-44-43-12-3-4-13-45(43)49-31-37-30-38-32-50(48(44)29-36)54(37,38)49/h1-29,37-38,49-50H,30-32H2. The Kier molecular flexibility index (Phi) is 6.25. The maximum absolute atomic E-state index is 6.43. The molecule has 0 saturated heterocycles. The molecule has 56 heavy (non-hydrogen) atoms. The molecule has 3 saturated carbocycles. The van der Waals surface area contributed by atoms with Gasteiger partial charge in [0.15, 0.2) is 0 Å². The first-order valence-corrected chi connectivity index (χ1v) is 20.4. The molecule has 8 aromatic carbocycles. The number of hydrogen-bond acceptors (Lipinski definition) is 2. The highest BCUT2D eigenvalue weighted by molar-refractivity contribution is 6.09. The van der Waals surface area contributed by atoms with Crippen LogP contribution in [0.5, 0.6) is 0 Å². The van der Waals surface area contributed by atoms with Crippen LogP contribution in [-0.4, -0.2) is 0 Å². The van der Waals surface area contributed by atoms with E-state index in [0.29, 0.717) is 11.3 Å². The van der Waals surface area contributed by atoms with Gasteiger partial charge in [-0.25, -0.2) is 0 Å². The van der Waals surface area contributed by atoms with E-state index in [-0.39, 0.29) is 0 Å². The van der Waals surface area contributed by atoms with E-state index in [0.717, 1.165) is 67.9 Å². The number of anilines is 3. The molecule has 5 unspecified atom stereocenters. The second kappa shape index (κ2) is 11.3. The summed E-state index contributed by atoms with van der Waals surface area (Å²) in [5.74, 6) is 3.28. The van der Waals surface area contributed by atoms with Crippen LogP contribution in [0.15, 0.2) is 180 Å². The Balaban J connectivity index is 0.900. The molecule has 1 aromatic heterocycles. The highest BCUT2D eigenvalue weighted by Crippen LogP contribution is 2.85. The number of benzene rings is 8. The molecule has 2 nitrogen and oxygen atoms in total. The maximum Gasteiger partial charge on any atom is 0.143 e. The molecule has 1 heterocycles. The van der Waals surface area contributed by atoms with Gasteiger partial charge < -0.3 is 9.32 Å². The van der Waals surface area contributed by atoms with E-state index in [1.807, 2.05) is 6.07 Å². The van der Waals surface area contributed by atoms with Crippen LogP contribution in [0.1, 0.15) is 42.2 Å². The fourth-order valence-electron chi connectivity index (χ4n) is 12.1. The lowest BCUT2D eigenvalue weighted by Crippen LogP contribution is -2.70. The van der Waals surface area contributed by atoms with Gasteiger partial charge in [0.2, 0.25) is 0 Å². The molecule has 0 bridgehead atoms. The van der Waals surface area contributed by atoms with Crippen LogP contribution in [0.3, 0.4) is 0 Å². The van der Waals surface area contributed by atoms with E-state index in [1.165, 1.54) is 52.3 Å². The van der Waals surface area contributed by atoms with Crippen molar-refractivity contribution < 1.29 is 4.42 Å². The van der Waals surface area contributed by atoms with Gasteiger partial charge in [-0.3, -0.25) is 0 Å². The largest absolute Gasteiger partial charge is 0.455 e. The van der Waals surface area contributed by atoms with Crippen LogP contribution in [-0.2, 0) is 0 Å². The molecule has 0 amide bonds. The molecule has 266 valence electrons. The monoisotopic (exact) mass is 717 g/mol. The van der Waals surface area contributed by atoms with Gasteiger partial charge in [0.25, 0.3) is 0 Å². The molecular weight excluding hydrogens is 679 g/mol. The molecule has 0 N–H and O–H groups in total. The van der Waals surface area contributed by atoms with Gasteiger partial charge >= 0.3 is 0 Å². The van der Waals surface area contributed by atoms with E-state index >= 15 is 0 Å². The lowest BCUT2D eigenvalue weighted by atomic mass is 9.25. The zero-order valence-corrected chi connectivity index (χ0v) is 31.0. The van der Waals surface area contributed by atoms with Crippen molar-refractivity contribution >= 4 is 49.8 Å². The predicted molar refractivity (Wildman–Crippen MR) is 231 cm³/mol. The third-order valence-electron chi connectivity index (χ3n) is 14.6. The molecule has 2 heteroatoms. The number of rotatable bonds is 5. The van der Waals surface area contributed by atoms with E-state index in [9.17, 15) is 0 Å². The summed E-state index contributed by atoms with van der Waals surface area (Å²) in [7, 11) is 0. The first-order valence-electron chi connectivity index (χ1n) is 20.4. The molecule has 1 spiro atoms. The smallest absolute Gasteiger partial charge is 0.143 e. The summed E-state index contributed by atoms with van der Waals surface area (Å²) in [5.41, 5.74) is 16.8. The second-order valence-corrected chi connectivity index (χ2v) is 16.8. The summed E-state index contributed by atoms with van der Waals surface area (Å²) in [6.45, 7) is 0. The van der Waals surface area contributed by atoms with Gasteiger partial charge in [-0.2, -0.15) is 0 Å². The Labute approximate surface area is 326 Å². The minimum absolute atomic E-state index is 0.525. The fourth-order valence-corrected chi connectivity index (χ4v) is 12.1. The summed E-state index contributed by atoms with van der Waals surface area (Å²) in [6.07, 6.45) is 4.21. The summed E-state index contributed by atoms with van der Waals surface area (Å²) in [6, 6.07) is 65.1. The van der Waals surface area contributed by atoms with Crippen LogP contribution in [0.4, 0.5) is 17.1 Å². The normalized spacial score (nSPS) is 22.5. The molecule has 4 aliphatic carbocycles. The number of nitrogens with zero attached hydrogens (tertiary/aromatic N) is 1. The average Bonchev–Trinajstić information content (AvgIpc) is 3.58. The van der Waals surface area contributed by atoms with Gasteiger partial charge in [-0.1, -0.05) is 140 Å². The Morgan fingerprint density at radius 1 is 0.446 bits per heavy atom. The lowest BCUT2D eigenvalue weighted by Gasteiger charge is -2.78. The Bertz CT molecular complexity index is 3030. The number of fused-ring (bicyclic) bond motifs is 9. The highest BCUT2D eigenvalue weighted by Gasteiger charge is 2.76. The van der Waals surface area contributed by atoms with Crippen molar-refractivity contribution in [2.45, 2.75) is 31.1 Å². The zero-order valence-electron chi connectivity index (χ0n) is 31.0. The predicted octanol–water partition coefficient (Wildman–Crippen LogP) is 14.8. The minimum atomic E-state index is 0.525. The van der Waals surface area contributed by atoms with Crippen molar-refractivity contribution in [1.82, 2.24) is 0 Å². The summed E-state index contributed by atoms with van der Waals surface area (Å²) in [5, 5.41) is 4.75. The van der Waals surface area contributed by atoms with Gasteiger partial charge in [-0.05, 0) is 129 Å². The molecule has 3 fully saturated rings. The third kappa shape index (κ3) is 4.06. The Hall–Kier alpha value is -6.38. The van der Waals surface area contributed by atoms with E-state index < -0.39 is 0 Å². The first kappa shape index (κ1) is 30.9. The van der Waals surface area contributed by atoms with Gasteiger partial charge in [-0.15, -0.1) is 0 Å². The van der Waals surface area contributed by atoms with Crippen molar-refractivity contribution in [2.24, 2.45) is 17.3 Å². The van der Waals surface area contributed by atoms with Crippen molar-refractivity contribution in [1.29, 1.82) is 0 Å². The van der Waals surface area contributed by atoms with E-state index in [2.05, 4.69) is 175 Å². The van der Waals surface area contributed by atoms with E-state index in [1.54, 1.807) is 11.1 Å². The lowest BCUT2D eigenvalue weighted by molar-refractivity contribution is -0.252. The van der Waals surface area contributed by atoms with Gasteiger partial charge in [0, 0.05) is 33.1 Å². The second-order valence-electron chi connectivity index (χ2n) is 16.8. The summed E-state index contributed by atoms with van der Waals surface area (Å²) < 4.78 is 6.43. The molecule has 4 aliphatic rings. The van der Waals surface area contributed by atoms with Crippen LogP contribution >= 0.6 is 0 Å². The maximum atomic E-state index is 6.43. The average molecular weight is 718 g/mol. The number of furan rings is 1. The molecule has 5 atom stereocenters. The highest BCUT2D eigenvalue weighted by atomic mass is 16.3. The molecule has 9 aromatic rings. The summed E-state index contributed by atoms with van der Waals surface area (Å²) in [4.78, 5) is 2.41. The van der Waals surface area contributed by atoms with Crippen LogP contribution < -0.4 is 4.90 Å². The number of hydrogen-bond donors (Lipinski definition) is 0. The third-order valence-corrected chi connectivity index (χ3v) is 14.6. The Morgan fingerprint density at radius 2 is 1.05 bits per heavy atom. The summed E-state index contributed by atoms with van der Waals surface area (Å²) >= 11 is 0. The Morgan fingerprint density at radius 3 is 1.88 bits per heavy atom.